The van der Waals surface area contributed by atoms with Gasteiger partial charge in [-0.3, -0.25) is 0 Å². The van der Waals surface area contributed by atoms with E-state index in [1.807, 2.05) is 6.07 Å². The first-order valence-corrected chi connectivity index (χ1v) is 16.5. The molecular weight excluding hydrogens is 579 g/mol. The molecule has 9 aromatic rings. The summed E-state index contributed by atoms with van der Waals surface area (Å²) in [5.41, 5.74) is 10.1. The van der Waals surface area contributed by atoms with Crippen molar-refractivity contribution in [3.63, 3.8) is 0 Å². The first kappa shape index (κ1) is 26.8. The van der Waals surface area contributed by atoms with Crippen molar-refractivity contribution in [2.75, 3.05) is 0 Å². The van der Waals surface area contributed by atoms with Crippen LogP contribution in [-0.2, 0) is 5.41 Å². The standard InChI is InChI=1S/C47H29N/c1-3-13-32(14-4-1)29-30-47(35-17-5-2-6-18-35)41-22-12-11-21-39(41)40-31-36(25-26-42(40)47)48-43-27-23-33-15-7-9-19-37(33)45(43)46-38-20-10-8-16-34(38)24-28-44(46)48/h1-28,31H. The summed E-state index contributed by atoms with van der Waals surface area (Å²) in [6, 6.07) is 63.6. The molecule has 1 aromatic heterocycles. The summed E-state index contributed by atoms with van der Waals surface area (Å²) in [7, 11) is 0. The van der Waals surface area contributed by atoms with E-state index in [-0.39, 0.29) is 0 Å². The van der Waals surface area contributed by atoms with Gasteiger partial charge in [-0.05, 0) is 85.8 Å². The third-order valence-electron chi connectivity index (χ3n) is 10.2. The van der Waals surface area contributed by atoms with E-state index >= 15 is 0 Å². The Balaban J connectivity index is 1.29. The van der Waals surface area contributed by atoms with Gasteiger partial charge in [-0.2, -0.15) is 0 Å². The normalized spacial score (nSPS) is 15.0. The minimum absolute atomic E-state index is 0.602. The van der Waals surface area contributed by atoms with E-state index in [1.54, 1.807) is 0 Å². The summed E-state index contributed by atoms with van der Waals surface area (Å²) in [6.45, 7) is 0. The summed E-state index contributed by atoms with van der Waals surface area (Å²) >= 11 is 0. The SMILES string of the molecule is C(#CC1(c2ccccc2)c2ccccc2-c2cc(-n3c4ccc5ccccc5c4c4c5ccccc5ccc43)ccc21)c1ccccc1. The van der Waals surface area contributed by atoms with Crippen molar-refractivity contribution in [1.29, 1.82) is 0 Å². The van der Waals surface area contributed by atoms with Crippen LogP contribution in [0.5, 0.6) is 0 Å². The van der Waals surface area contributed by atoms with E-state index in [0.29, 0.717) is 0 Å². The molecule has 0 N–H and O–H groups in total. The minimum Gasteiger partial charge on any atom is -0.309 e. The molecule has 0 radical (unpaired) electrons. The molecule has 1 aliphatic carbocycles. The lowest BCUT2D eigenvalue weighted by atomic mass is 9.73. The smallest absolute Gasteiger partial charge is 0.108 e. The maximum atomic E-state index is 3.84. The molecule has 0 aliphatic heterocycles. The Morgan fingerprint density at radius 2 is 1.00 bits per heavy atom. The van der Waals surface area contributed by atoms with Gasteiger partial charge in [0.15, 0.2) is 0 Å². The van der Waals surface area contributed by atoms with Crippen molar-refractivity contribution >= 4 is 43.4 Å². The van der Waals surface area contributed by atoms with Crippen LogP contribution in [0.4, 0.5) is 0 Å². The van der Waals surface area contributed by atoms with E-state index < -0.39 is 5.41 Å². The summed E-state index contributed by atoms with van der Waals surface area (Å²) in [5.74, 6) is 7.41. The first-order valence-electron chi connectivity index (χ1n) is 16.5. The zero-order valence-electron chi connectivity index (χ0n) is 26.2. The van der Waals surface area contributed by atoms with Gasteiger partial charge in [-0.25, -0.2) is 0 Å². The number of fused-ring (bicyclic) bond motifs is 10. The quantitative estimate of drug-likeness (QED) is 0.172. The Hall–Kier alpha value is -6.36. The molecule has 0 amide bonds. The molecule has 10 rings (SSSR count). The van der Waals surface area contributed by atoms with E-state index in [4.69, 9.17) is 0 Å². The van der Waals surface area contributed by atoms with Gasteiger partial charge in [0.2, 0.25) is 0 Å². The first-order chi connectivity index (χ1) is 23.8. The highest BCUT2D eigenvalue weighted by molar-refractivity contribution is 6.28. The van der Waals surface area contributed by atoms with Crippen molar-refractivity contribution in [1.82, 2.24) is 4.57 Å². The molecule has 1 nitrogen and oxygen atoms in total. The molecule has 1 atom stereocenters. The third kappa shape index (κ3) is 3.75. The van der Waals surface area contributed by atoms with E-state index in [2.05, 4.69) is 186 Å². The van der Waals surface area contributed by atoms with Crippen LogP contribution < -0.4 is 0 Å². The summed E-state index contributed by atoms with van der Waals surface area (Å²) in [6.07, 6.45) is 0. The van der Waals surface area contributed by atoms with Gasteiger partial charge >= 0.3 is 0 Å². The number of hydrogen-bond acceptors (Lipinski definition) is 0. The highest BCUT2D eigenvalue weighted by Gasteiger charge is 2.43. The Morgan fingerprint density at radius 3 is 1.69 bits per heavy atom. The van der Waals surface area contributed by atoms with Crippen molar-refractivity contribution < 1.29 is 0 Å². The zero-order chi connectivity index (χ0) is 31.7. The second-order valence-corrected chi connectivity index (χ2v) is 12.7. The van der Waals surface area contributed by atoms with Crippen LogP contribution in [-0.4, -0.2) is 4.57 Å². The topological polar surface area (TPSA) is 4.93 Å². The van der Waals surface area contributed by atoms with Crippen molar-refractivity contribution in [3.8, 4) is 28.7 Å². The van der Waals surface area contributed by atoms with Gasteiger partial charge < -0.3 is 4.57 Å². The molecule has 0 fully saturated rings. The molecule has 222 valence electrons. The average Bonchev–Trinajstić information content (AvgIpc) is 3.66. The predicted octanol–water partition coefficient (Wildman–Crippen LogP) is 11.5. The number of rotatable bonds is 2. The second kappa shape index (κ2) is 10.3. The predicted molar refractivity (Wildman–Crippen MR) is 201 cm³/mol. The van der Waals surface area contributed by atoms with Gasteiger partial charge in [0.1, 0.15) is 5.41 Å². The van der Waals surface area contributed by atoms with Crippen LogP contribution in [0.3, 0.4) is 0 Å². The van der Waals surface area contributed by atoms with Crippen LogP contribution in [0.25, 0.3) is 60.2 Å². The molecule has 1 heterocycles. The lowest BCUT2D eigenvalue weighted by Gasteiger charge is -2.27. The van der Waals surface area contributed by atoms with Crippen LogP contribution in [0.2, 0.25) is 0 Å². The average molecular weight is 608 g/mol. The Morgan fingerprint density at radius 1 is 0.438 bits per heavy atom. The molecule has 48 heavy (non-hydrogen) atoms. The monoisotopic (exact) mass is 607 g/mol. The lowest BCUT2D eigenvalue weighted by molar-refractivity contribution is 0.836. The highest BCUT2D eigenvalue weighted by Crippen LogP contribution is 2.53. The minimum atomic E-state index is -0.602. The Bertz CT molecular complexity index is 2680. The molecule has 0 saturated carbocycles. The van der Waals surface area contributed by atoms with Crippen molar-refractivity contribution in [2.24, 2.45) is 0 Å². The zero-order valence-corrected chi connectivity index (χ0v) is 26.2. The van der Waals surface area contributed by atoms with Crippen LogP contribution in [0.15, 0.2) is 176 Å². The molecule has 1 aliphatic rings. The molecule has 0 spiro atoms. The molecule has 1 unspecified atom stereocenters. The van der Waals surface area contributed by atoms with Gasteiger partial charge in [0.25, 0.3) is 0 Å². The molecule has 0 saturated heterocycles. The maximum Gasteiger partial charge on any atom is 0.108 e. The number of aromatic nitrogens is 1. The highest BCUT2D eigenvalue weighted by atomic mass is 15.0. The maximum absolute atomic E-state index is 3.84. The van der Waals surface area contributed by atoms with Gasteiger partial charge in [-0.15, -0.1) is 0 Å². The van der Waals surface area contributed by atoms with Gasteiger partial charge in [-0.1, -0.05) is 151 Å². The van der Waals surface area contributed by atoms with Crippen LogP contribution in [0.1, 0.15) is 22.3 Å². The molecule has 0 bridgehead atoms. The van der Waals surface area contributed by atoms with Crippen molar-refractivity contribution in [3.05, 3.63) is 198 Å². The molecule has 1 heteroatoms. The summed E-state index contributed by atoms with van der Waals surface area (Å²) in [5, 5.41) is 7.66. The van der Waals surface area contributed by atoms with E-state index in [0.717, 1.165) is 11.3 Å². The van der Waals surface area contributed by atoms with Crippen LogP contribution >= 0.6 is 0 Å². The van der Waals surface area contributed by atoms with Crippen molar-refractivity contribution in [2.45, 2.75) is 5.41 Å². The third-order valence-corrected chi connectivity index (χ3v) is 10.2. The fraction of sp³-hybridized carbons (Fsp3) is 0.0213. The fourth-order valence-corrected chi connectivity index (χ4v) is 8.13. The fourth-order valence-electron chi connectivity index (χ4n) is 8.13. The number of hydrogen-bond donors (Lipinski definition) is 0. The van der Waals surface area contributed by atoms with Gasteiger partial charge in [0.05, 0.1) is 11.0 Å². The Kier molecular flexibility index (Phi) is 5.77. The largest absolute Gasteiger partial charge is 0.309 e. The van der Waals surface area contributed by atoms with Gasteiger partial charge in [0, 0.05) is 22.0 Å². The molecular formula is C47H29N. The molecule has 8 aromatic carbocycles. The van der Waals surface area contributed by atoms with E-state index in [1.165, 1.54) is 71.2 Å². The van der Waals surface area contributed by atoms with E-state index in [9.17, 15) is 0 Å². The number of nitrogens with zero attached hydrogens (tertiary/aromatic N) is 1. The second-order valence-electron chi connectivity index (χ2n) is 12.7. The summed E-state index contributed by atoms with van der Waals surface area (Å²) < 4.78 is 2.46. The van der Waals surface area contributed by atoms with Crippen LogP contribution in [0, 0.1) is 11.8 Å². The lowest BCUT2D eigenvalue weighted by Crippen LogP contribution is -2.25. The summed E-state index contributed by atoms with van der Waals surface area (Å²) in [4.78, 5) is 0. The number of benzene rings is 8. The Labute approximate surface area is 279 Å².